The molecule has 2 amide bonds. The van der Waals surface area contributed by atoms with Crippen molar-refractivity contribution < 1.29 is 28.5 Å². The molecular weight excluding hydrogens is 618 g/mol. The first-order chi connectivity index (χ1) is 23.9. The van der Waals surface area contributed by atoms with E-state index in [0.717, 1.165) is 33.8 Å². The quantitative estimate of drug-likeness (QED) is 0.134. The number of ether oxygens (including phenoxy) is 4. The van der Waals surface area contributed by atoms with Crippen molar-refractivity contribution in [3.05, 3.63) is 143 Å². The van der Waals surface area contributed by atoms with Crippen LogP contribution in [0.25, 0.3) is 0 Å². The lowest BCUT2D eigenvalue weighted by atomic mass is 9.98. The number of pyridine rings is 1. The van der Waals surface area contributed by atoms with Crippen LogP contribution in [-0.2, 0) is 24.5 Å². The van der Waals surface area contributed by atoms with Crippen molar-refractivity contribution in [1.29, 1.82) is 0 Å². The summed E-state index contributed by atoms with van der Waals surface area (Å²) >= 11 is 0. The van der Waals surface area contributed by atoms with Gasteiger partial charge in [0.05, 0.1) is 21.3 Å². The molecule has 0 bridgehead atoms. The van der Waals surface area contributed by atoms with Gasteiger partial charge in [-0.25, -0.2) is 4.98 Å². The second kappa shape index (κ2) is 15.4. The van der Waals surface area contributed by atoms with E-state index in [1.54, 1.807) is 49.5 Å². The van der Waals surface area contributed by atoms with Gasteiger partial charge in [-0.15, -0.1) is 0 Å². The Hall–Kier alpha value is -5.83. The van der Waals surface area contributed by atoms with E-state index >= 15 is 0 Å². The molecule has 1 fully saturated rings. The van der Waals surface area contributed by atoms with Crippen molar-refractivity contribution in [1.82, 2.24) is 9.88 Å². The highest BCUT2D eigenvalue weighted by Crippen LogP contribution is 2.37. The van der Waals surface area contributed by atoms with Gasteiger partial charge < -0.3 is 23.8 Å². The molecule has 250 valence electrons. The van der Waals surface area contributed by atoms with E-state index in [4.69, 9.17) is 18.9 Å². The Labute approximate surface area is 286 Å². The van der Waals surface area contributed by atoms with E-state index in [0.29, 0.717) is 55.5 Å². The highest BCUT2D eigenvalue weighted by Gasteiger charge is 2.33. The first-order valence-electron chi connectivity index (χ1n) is 16.1. The van der Waals surface area contributed by atoms with Crippen LogP contribution in [0.5, 0.6) is 23.0 Å². The molecule has 0 spiro atoms. The molecule has 4 aromatic carbocycles. The van der Waals surface area contributed by atoms with Crippen LogP contribution in [0.3, 0.4) is 0 Å². The Kier molecular flexibility index (Phi) is 10.4. The van der Waals surface area contributed by atoms with Gasteiger partial charge in [0.25, 0.3) is 5.91 Å². The first-order valence-corrected chi connectivity index (χ1v) is 16.1. The number of nitrogens with zero attached hydrogens (tertiary/aromatic N) is 3. The third-order valence-corrected chi connectivity index (χ3v) is 8.64. The second-order valence-electron chi connectivity index (χ2n) is 11.9. The first kappa shape index (κ1) is 33.1. The molecule has 1 aromatic heterocycles. The number of carbonyl (C=O) groups excluding carboxylic acids is 2. The number of carbonyl (C=O) groups is 2. The van der Waals surface area contributed by atoms with E-state index < -0.39 is 0 Å². The van der Waals surface area contributed by atoms with Gasteiger partial charge in [0.1, 0.15) is 23.9 Å². The summed E-state index contributed by atoms with van der Waals surface area (Å²) in [7, 11) is 4.86. The highest BCUT2D eigenvalue weighted by molar-refractivity contribution is 5.98. The number of methoxy groups -OCH3 is 3. The fourth-order valence-corrected chi connectivity index (χ4v) is 5.93. The molecule has 0 N–H and O–H groups in total. The van der Waals surface area contributed by atoms with Gasteiger partial charge in [-0.1, -0.05) is 60.7 Å². The van der Waals surface area contributed by atoms with E-state index in [1.807, 2.05) is 97.1 Å². The van der Waals surface area contributed by atoms with Crippen molar-refractivity contribution in [2.75, 3.05) is 32.8 Å². The third kappa shape index (κ3) is 8.01. The van der Waals surface area contributed by atoms with Crippen LogP contribution in [0.2, 0.25) is 0 Å². The summed E-state index contributed by atoms with van der Waals surface area (Å²) in [6, 6.07) is 34.5. The molecule has 1 aliphatic rings. The minimum absolute atomic E-state index is 0.0574. The van der Waals surface area contributed by atoms with Crippen molar-refractivity contribution in [3.8, 4) is 23.0 Å². The Bertz CT molecular complexity index is 1830. The molecule has 1 unspecified atom stereocenters. The molecule has 1 saturated heterocycles. The average molecular weight is 658 g/mol. The molecule has 49 heavy (non-hydrogen) atoms. The Morgan fingerprint density at radius 1 is 0.755 bits per heavy atom. The maximum atomic E-state index is 14.1. The Morgan fingerprint density at radius 2 is 1.41 bits per heavy atom. The molecule has 6 rings (SSSR count). The van der Waals surface area contributed by atoms with Gasteiger partial charge in [-0.3, -0.25) is 14.5 Å². The summed E-state index contributed by atoms with van der Waals surface area (Å²) in [5.74, 6) is 2.87. The van der Waals surface area contributed by atoms with Crippen molar-refractivity contribution in [2.45, 2.75) is 32.0 Å². The number of anilines is 1. The number of amides is 2. The van der Waals surface area contributed by atoms with Gasteiger partial charge in [0.2, 0.25) is 5.91 Å². The van der Waals surface area contributed by atoms with Gasteiger partial charge in [0, 0.05) is 43.7 Å². The van der Waals surface area contributed by atoms with Crippen LogP contribution in [0, 0.1) is 0 Å². The van der Waals surface area contributed by atoms with Crippen molar-refractivity contribution in [3.63, 3.8) is 0 Å². The molecule has 0 saturated carbocycles. The number of rotatable bonds is 13. The fraction of sp³-hybridized carbons (Fsp3) is 0.225. The summed E-state index contributed by atoms with van der Waals surface area (Å²) < 4.78 is 22.3. The van der Waals surface area contributed by atoms with Crippen molar-refractivity contribution >= 4 is 17.6 Å². The van der Waals surface area contributed by atoms with Crippen LogP contribution in [-0.4, -0.2) is 49.6 Å². The van der Waals surface area contributed by atoms with Crippen LogP contribution >= 0.6 is 0 Å². The smallest absolute Gasteiger partial charge is 0.254 e. The predicted molar refractivity (Wildman–Crippen MR) is 187 cm³/mol. The van der Waals surface area contributed by atoms with Crippen LogP contribution in [0.4, 0.5) is 5.82 Å². The number of benzene rings is 4. The Morgan fingerprint density at radius 3 is 2.02 bits per heavy atom. The lowest BCUT2D eigenvalue weighted by Gasteiger charge is -2.24. The molecular formula is C40H39N3O6. The Balaban J connectivity index is 1.20. The highest BCUT2D eigenvalue weighted by atomic mass is 16.5. The molecule has 9 nitrogen and oxygen atoms in total. The molecule has 9 heteroatoms. The number of aromatic nitrogens is 1. The predicted octanol–water partition coefficient (Wildman–Crippen LogP) is 7.05. The summed E-state index contributed by atoms with van der Waals surface area (Å²) in [5, 5.41) is 0. The zero-order valence-corrected chi connectivity index (χ0v) is 27.9. The standard InChI is InChI=1S/C40H39N3O6/c1-46-34-14-9-28(10-15-34)24-42(25-29-11-16-35(47-2)17-12-29)40(45)32-19-20-41-38(22-32)43-26-33(23-39(43)44)31-13-18-36(48-3)37(21-31)49-27-30-7-5-4-6-8-30/h4-22,33H,23-27H2,1-3H3. The summed E-state index contributed by atoms with van der Waals surface area (Å²) in [6.45, 7) is 1.58. The summed E-state index contributed by atoms with van der Waals surface area (Å²) in [6.07, 6.45) is 1.90. The number of hydrogen-bond acceptors (Lipinski definition) is 7. The van der Waals surface area contributed by atoms with Crippen molar-refractivity contribution in [2.24, 2.45) is 0 Å². The second-order valence-corrected chi connectivity index (χ2v) is 11.9. The maximum absolute atomic E-state index is 14.1. The zero-order chi connectivity index (χ0) is 34.2. The number of hydrogen-bond donors (Lipinski definition) is 0. The lowest BCUT2D eigenvalue weighted by molar-refractivity contribution is -0.117. The van der Waals surface area contributed by atoms with Gasteiger partial charge in [-0.05, 0) is 70.8 Å². The van der Waals surface area contributed by atoms with Gasteiger partial charge >= 0.3 is 0 Å². The fourth-order valence-electron chi connectivity index (χ4n) is 5.93. The topological polar surface area (TPSA) is 90.4 Å². The third-order valence-electron chi connectivity index (χ3n) is 8.64. The van der Waals surface area contributed by atoms with E-state index in [9.17, 15) is 9.59 Å². The normalized spacial score (nSPS) is 14.0. The average Bonchev–Trinajstić information content (AvgIpc) is 3.55. The van der Waals surface area contributed by atoms with Gasteiger partial charge in [-0.2, -0.15) is 0 Å². The summed E-state index contributed by atoms with van der Waals surface area (Å²) in [4.78, 5) is 35.5. The molecule has 1 aliphatic heterocycles. The monoisotopic (exact) mass is 657 g/mol. The molecule has 0 radical (unpaired) electrons. The van der Waals surface area contributed by atoms with E-state index in [1.165, 1.54) is 0 Å². The van der Waals surface area contributed by atoms with Gasteiger partial charge in [0.15, 0.2) is 11.5 Å². The minimum Gasteiger partial charge on any atom is -0.497 e. The molecule has 0 aliphatic carbocycles. The minimum atomic E-state index is -0.172. The molecule has 1 atom stereocenters. The maximum Gasteiger partial charge on any atom is 0.254 e. The van der Waals surface area contributed by atoms with Crippen LogP contribution in [0.1, 0.15) is 45.0 Å². The van der Waals surface area contributed by atoms with E-state index in [-0.39, 0.29) is 17.7 Å². The van der Waals surface area contributed by atoms with E-state index in [2.05, 4.69) is 4.98 Å². The zero-order valence-electron chi connectivity index (χ0n) is 27.9. The van der Waals surface area contributed by atoms with Crippen LogP contribution < -0.4 is 23.8 Å². The lowest BCUT2D eigenvalue weighted by Crippen LogP contribution is -2.31. The SMILES string of the molecule is COc1ccc(CN(Cc2ccc(OC)cc2)C(=O)c2ccnc(N3CC(c4ccc(OC)c(OCc5ccccc5)c4)CC3=O)c2)cc1. The van der Waals surface area contributed by atoms with Crippen LogP contribution in [0.15, 0.2) is 115 Å². The largest absolute Gasteiger partial charge is 0.497 e. The molecule has 5 aromatic rings. The molecule has 2 heterocycles. The summed E-state index contributed by atoms with van der Waals surface area (Å²) in [5.41, 5.74) is 4.38.